The van der Waals surface area contributed by atoms with Crippen molar-refractivity contribution in [2.24, 2.45) is 0 Å². The summed E-state index contributed by atoms with van der Waals surface area (Å²) in [5.41, 5.74) is 2.30. The van der Waals surface area contributed by atoms with Crippen molar-refractivity contribution in [1.29, 1.82) is 0 Å². The van der Waals surface area contributed by atoms with E-state index < -0.39 is 9.84 Å². The molecule has 2 fully saturated rings. The topological polar surface area (TPSA) is 87.6 Å². The Balaban J connectivity index is 0.00000324. The summed E-state index contributed by atoms with van der Waals surface area (Å²) in [5.74, 6) is 0.287. The van der Waals surface area contributed by atoms with Gasteiger partial charge in [0.1, 0.15) is 11.5 Å². The van der Waals surface area contributed by atoms with Crippen molar-refractivity contribution in [2.45, 2.75) is 50.6 Å². The number of rotatable bonds is 8. The van der Waals surface area contributed by atoms with Crippen molar-refractivity contribution in [2.75, 3.05) is 39.8 Å². The van der Waals surface area contributed by atoms with E-state index in [1.165, 1.54) is 12.1 Å². The standard InChI is InChI=1S/C24H34N4O4S.Y/c1-5-25-13-27(14-25)11-19-9-21(7-17(3)23(19)29)33(31,32)22-8-18(4)24(30)20(10-22)12-28-15-26(6-2)16-28;/h7-10,29-30H,5-6,11-16H2,1-4H3;. The van der Waals surface area contributed by atoms with Gasteiger partial charge in [0.15, 0.2) is 0 Å². The third kappa shape index (κ3) is 5.51. The zero-order valence-electron chi connectivity index (χ0n) is 20.5. The Labute approximate surface area is 227 Å². The summed E-state index contributed by atoms with van der Waals surface area (Å²) >= 11 is 0. The Bertz CT molecular complexity index is 1060. The molecule has 183 valence electrons. The number of aromatic hydroxyl groups is 2. The summed E-state index contributed by atoms with van der Waals surface area (Å²) in [6.45, 7) is 13.8. The van der Waals surface area contributed by atoms with Crippen LogP contribution in [0.4, 0.5) is 0 Å². The van der Waals surface area contributed by atoms with E-state index in [0.29, 0.717) is 35.3 Å². The van der Waals surface area contributed by atoms with Gasteiger partial charge in [-0.3, -0.25) is 19.6 Å². The Hall–Kier alpha value is -1.07. The monoisotopic (exact) mass is 563 g/mol. The van der Waals surface area contributed by atoms with Crippen LogP contribution in [-0.4, -0.2) is 78.0 Å². The van der Waals surface area contributed by atoms with Gasteiger partial charge in [0, 0.05) is 56.9 Å². The van der Waals surface area contributed by atoms with Crippen LogP contribution >= 0.6 is 0 Å². The molecule has 0 unspecified atom stereocenters. The second-order valence-corrected chi connectivity index (χ2v) is 11.1. The van der Waals surface area contributed by atoms with E-state index in [1.807, 2.05) is 0 Å². The van der Waals surface area contributed by atoms with E-state index in [-0.39, 0.29) is 54.0 Å². The summed E-state index contributed by atoms with van der Waals surface area (Å²) in [7, 11) is -3.82. The largest absolute Gasteiger partial charge is 0.507 e. The average Bonchev–Trinajstić information content (AvgIpc) is 2.72. The molecule has 8 nitrogen and oxygen atoms in total. The fourth-order valence-electron chi connectivity index (χ4n) is 4.45. The Morgan fingerprint density at radius 2 is 1.06 bits per heavy atom. The van der Waals surface area contributed by atoms with E-state index in [1.54, 1.807) is 26.0 Å². The van der Waals surface area contributed by atoms with Crippen molar-refractivity contribution >= 4 is 9.84 Å². The first-order chi connectivity index (χ1) is 15.6. The molecule has 2 saturated heterocycles. The molecular weight excluding hydrogens is 529 g/mol. The van der Waals surface area contributed by atoms with Crippen LogP contribution in [0.5, 0.6) is 11.5 Å². The second kappa shape index (κ2) is 10.9. The van der Waals surface area contributed by atoms with Crippen LogP contribution in [0.25, 0.3) is 0 Å². The quantitative estimate of drug-likeness (QED) is 0.507. The predicted molar refractivity (Wildman–Crippen MR) is 126 cm³/mol. The number of phenolic OH excluding ortho intramolecular Hbond substituents is 2. The summed E-state index contributed by atoms with van der Waals surface area (Å²) < 4.78 is 27.2. The zero-order chi connectivity index (χ0) is 23.9. The summed E-state index contributed by atoms with van der Waals surface area (Å²) in [6, 6.07) is 6.23. The number of benzene rings is 2. The number of aryl methyl sites for hydroxylation is 2. The van der Waals surface area contributed by atoms with E-state index in [4.69, 9.17) is 0 Å². The van der Waals surface area contributed by atoms with Crippen LogP contribution in [0, 0.1) is 13.8 Å². The second-order valence-electron chi connectivity index (χ2n) is 9.20. The van der Waals surface area contributed by atoms with Gasteiger partial charge in [-0.1, -0.05) is 13.8 Å². The minimum absolute atomic E-state index is 0. The van der Waals surface area contributed by atoms with Gasteiger partial charge in [-0.15, -0.1) is 0 Å². The fraction of sp³-hybridized carbons (Fsp3) is 0.500. The van der Waals surface area contributed by atoms with Gasteiger partial charge in [0.2, 0.25) is 9.84 Å². The molecule has 0 aromatic heterocycles. The molecule has 2 N–H and O–H groups in total. The van der Waals surface area contributed by atoms with Crippen LogP contribution in [0.1, 0.15) is 36.1 Å². The molecule has 0 amide bonds. The predicted octanol–water partition coefficient (Wildman–Crippen LogP) is 2.65. The summed E-state index contributed by atoms with van der Waals surface area (Å²) in [5, 5.41) is 21.1. The van der Waals surface area contributed by atoms with Gasteiger partial charge >= 0.3 is 0 Å². The molecular formula is C24H34N4O4SY. The van der Waals surface area contributed by atoms with Crippen LogP contribution in [-0.2, 0) is 55.6 Å². The van der Waals surface area contributed by atoms with Crippen molar-refractivity contribution in [3.63, 3.8) is 0 Å². The molecule has 0 spiro atoms. The normalized spacial score (nSPS) is 17.8. The molecule has 0 bridgehead atoms. The third-order valence-corrected chi connectivity index (χ3v) is 8.32. The minimum atomic E-state index is -3.82. The maximum Gasteiger partial charge on any atom is 0.206 e. The fourth-order valence-corrected chi connectivity index (χ4v) is 5.98. The Morgan fingerprint density at radius 1 is 0.706 bits per heavy atom. The minimum Gasteiger partial charge on any atom is -0.507 e. The van der Waals surface area contributed by atoms with Crippen molar-refractivity contribution in [3.8, 4) is 11.5 Å². The van der Waals surface area contributed by atoms with Crippen LogP contribution in [0.3, 0.4) is 0 Å². The number of hydrogen-bond donors (Lipinski definition) is 2. The number of nitrogens with zero attached hydrogens (tertiary/aromatic N) is 4. The molecule has 0 atom stereocenters. The first-order valence-electron chi connectivity index (χ1n) is 11.4. The molecule has 2 aliphatic rings. The zero-order valence-corrected chi connectivity index (χ0v) is 24.1. The van der Waals surface area contributed by atoms with Crippen molar-refractivity contribution in [1.82, 2.24) is 19.6 Å². The molecule has 4 rings (SSSR count). The van der Waals surface area contributed by atoms with Crippen molar-refractivity contribution < 1.29 is 51.3 Å². The molecule has 0 aliphatic carbocycles. The van der Waals surface area contributed by atoms with E-state index >= 15 is 0 Å². The number of phenols is 2. The Kier molecular flexibility index (Phi) is 8.83. The van der Waals surface area contributed by atoms with Crippen LogP contribution in [0.2, 0.25) is 0 Å². The molecule has 1 radical (unpaired) electrons. The molecule has 2 heterocycles. The van der Waals surface area contributed by atoms with Gasteiger partial charge in [0.05, 0.1) is 36.5 Å². The van der Waals surface area contributed by atoms with Crippen LogP contribution in [0.15, 0.2) is 34.1 Å². The van der Waals surface area contributed by atoms with E-state index in [0.717, 1.165) is 39.8 Å². The van der Waals surface area contributed by atoms with E-state index in [2.05, 4.69) is 33.4 Å². The first kappa shape index (κ1) is 27.5. The smallest absolute Gasteiger partial charge is 0.206 e. The molecule has 2 aliphatic heterocycles. The SMILES string of the molecule is CCN1CN(Cc2cc(S(=O)(=O)c3cc(C)c(O)c(CN4CN(CC)C4)c3)cc(C)c2O)C1.[Y]. The van der Waals surface area contributed by atoms with Crippen molar-refractivity contribution in [3.05, 3.63) is 46.5 Å². The summed E-state index contributed by atoms with van der Waals surface area (Å²) in [6.07, 6.45) is 0. The number of sulfone groups is 1. The number of hydrogen-bond acceptors (Lipinski definition) is 8. The average molecular weight is 564 g/mol. The van der Waals surface area contributed by atoms with Gasteiger partial charge in [-0.05, 0) is 62.3 Å². The van der Waals surface area contributed by atoms with Gasteiger partial charge in [-0.25, -0.2) is 8.42 Å². The molecule has 0 saturated carbocycles. The summed E-state index contributed by atoms with van der Waals surface area (Å²) in [4.78, 5) is 9.15. The van der Waals surface area contributed by atoms with Crippen LogP contribution < -0.4 is 0 Å². The molecule has 10 heteroatoms. The first-order valence-corrected chi connectivity index (χ1v) is 12.9. The maximum atomic E-state index is 13.6. The van der Waals surface area contributed by atoms with Gasteiger partial charge in [0.25, 0.3) is 0 Å². The van der Waals surface area contributed by atoms with Gasteiger partial charge in [-0.2, -0.15) is 0 Å². The molecule has 2 aromatic carbocycles. The van der Waals surface area contributed by atoms with E-state index in [9.17, 15) is 18.6 Å². The Morgan fingerprint density at radius 3 is 1.38 bits per heavy atom. The molecule has 34 heavy (non-hydrogen) atoms. The third-order valence-electron chi connectivity index (χ3n) is 6.61. The molecule has 2 aromatic rings. The van der Waals surface area contributed by atoms with Gasteiger partial charge < -0.3 is 10.2 Å². The maximum absolute atomic E-state index is 13.6.